The van der Waals surface area contributed by atoms with E-state index in [-0.39, 0.29) is 42.7 Å². The molecule has 392 valence electrons. The zero-order chi connectivity index (χ0) is 49.9. The Kier molecular flexibility index (Phi) is 47.8. The normalized spacial score (nSPS) is 13.4. The lowest BCUT2D eigenvalue weighted by atomic mass is 10.0. The number of aliphatic carboxylic acids is 1. The number of carbonyl (C=O) groups is 3. The van der Waals surface area contributed by atoms with Gasteiger partial charge in [-0.05, 0) is 83.5 Å². The highest BCUT2D eigenvalue weighted by Gasteiger charge is 2.25. The van der Waals surface area contributed by atoms with Crippen LogP contribution >= 0.6 is 0 Å². The van der Waals surface area contributed by atoms with Gasteiger partial charge in [0.15, 0.2) is 6.10 Å². The average Bonchev–Trinajstić information content (AvgIpc) is 3.30. The molecule has 0 heterocycles. The molecule has 0 fully saturated rings. The number of rotatable bonds is 50. The van der Waals surface area contributed by atoms with Crippen molar-refractivity contribution in [3.63, 3.8) is 0 Å². The average molecular weight is 952 g/mol. The van der Waals surface area contributed by atoms with E-state index in [4.69, 9.17) is 14.2 Å². The number of carbonyl (C=O) groups excluding carboxylic acids is 3. The van der Waals surface area contributed by atoms with Crippen molar-refractivity contribution in [2.24, 2.45) is 0 Å². The van der Waals surface area contributed by atoms with Crippen molar-refractivity contribution < 1.29 is 38.2 Å². The second kappa shape index (κ2) is 50.2. The van der Waals surface area contributed by atoms with Crippen molar-refractivity contribution in [3.8, 4) is 0 Å². The molecular formula is C60H105NO7. The standard InChI is InChI=1S/C60H105NO7/c1-6-8-10-12-14-16-18-20-22-24-26-28-30-32-34-36-38-40-42-44-46-48-50-58(62)67-55-56(54-66-53-52-57(60(64)65)61(3,4)5)68-59(63)51-49-47-45-43-41-39-37-35-33-31-29-27-25-23-21-19-17-15-13-11-9-7-2/h9,11,15,17,21,23,27,29-30,32-33,35,56-57H,6-8,10,12-14,16,18-20,22,24-26,28,31,34,36-55H2,1-5H3/b11-9+,17-15+,23-21+,29-27+,32-30+,35-33+. The molecule has 0 saturated heterocycles. The van der Waals surface area contributed by atoms with Gasteiger partial charge in [0.25, 0.3) is 0 Å². The van der Waals surface area contributed by atoms with E-state index in [1.54, 1.807) is 21.1 Å². The van der Waals surface area contributed by atoms with Crippen LogP contribution in [0, 0.1) is 0 Å². The topological polar surface area (TPSA) is 102 Å². The van der Waals surface area contributed by atoms with Crippen LogP contribution < -0.4 is 5.11 Å². The van der Waals surface area contributed by atoms with E-state index in [1.807, 2.05) is 0 Å². The fourth-order valence-corrected chi connectivity index (χ4v) is 8.03. The molecule has 0 amide bonds. The third kappa shape index (κ3) is 47.8. The minimum atomic E-state index is -1.13. The zero-order valence-electron chi connectivity index (χ0n) is 44.8. The van der Waals surface area contributed by atoms with Crippen LogP contribution in [-0.2, 0) is 28.6 Å². The number of carboxylic acids is 1. The minimum absolute atomic E-state index is 0.0308. The molecule has 0 saturated carbocycles. The first-order valence-corrected chi connectivity index (χ1v) is 28.0. The lowest BCUT2D eigenvalue weighted by Gasteiger charge is -2.34. The van der Waals surface area contributed by atoms with Crippen molar-refractivity contribution in [2.75, 3.05) is 41.0 Å². The van der Waals surface area contributed by atoms with Gasteiger partial charge >= 0.3 is 11.9 Å². The van der Waals surface area contributed by atoms with Crippen LogP contribution in [-0.4, -0.2) is 75.5 Å². The van der Waals surface area contributed by atoms with Crippen LogP contribution in [0.5, 0.6) is 0 Å². The van der Waals surface area contributed by atoms with E-state index in [0.29, 0.717) is 12.8 Å². The molecule has 0 aliphatic heterocycles. The number of likely N-dealkylation sites (N-methyl/N-ethyl adjacent to an activating group) is 1. The number of allylic oxidation sites excluding steroid dienone is 12. The van der Waals surface area contributed by atoms with Gasteiger partial charge in [-0.25, -0.2) is 0 Å². The monoisotopic (exact) mass is 952 g/mol. The highest BCUT2D eigenvalue weighted by atomic mass is 16.6. The molecule has 2 unspecified atom stereocenters. The third-order valence-electron chi connectivity index (χ3n) is 12.3. The van der Waals surface area contributed by atoms with Gasteiger partial charge < -0.3 is 28.6 Å². The Morgan fingerprint density at radius 2 is 0.824 bits per heavy atom. The number of hydrogen-bond acceptors (Lipinski definition) is 7. The Morgan fingerprint density at radius 1 is 0.456 bits per heavy atom. The van der Waals surface area contributed by atoms with Crippen LogP contribution in [0.1, 0.15) is 239 Å². The number of nitrogens with zero attached hydrogens (tertiary/aromatic N) is 1. The van der Waals surface area contributed by atoms with Crippen molar-refractivity contribution in [2.45, 2.75) is 251 Å². The molecule has 0 spiro atoms. The SMILES string of the molecule is CC/C=C/C/C=C/C/C=C/C/C=C/C/C=C/CCCCCCCCC(=O)OC(COCCC(C(=O)[O-])[N+](C)(C)C)COC(=O)CCCCCCCCC/C=C/CCCCCCCCCCCCC. The van der Waals surface area contributed by atoms with Gasteiger partial charge in [0, 0.05) is 19.3 Å². The molecule has 0 aromatic rings. The maximum Gasteiger partial charge on any atom is 0.306 e. The molecule has 0 bridgehead atoms. The number of esters is 2. The molecule has 0 aliphatic rings. The Bertz CT molecular complexity index is 1340. The molecular weight excluding hydrogens is 847 g/mol. The molecule has 0 N–H and O–H groups in total. The Balaban J connectivity index is 4.24. The summed E-state index contributed by atoms with van der Waals surface area (Å²) in [7, 11) is 5.41. The van der Waals surface area contributed by atoms with Gasteiger partial charge in [0.2, 0.25) is 0 Å². The van der Waals surface area contributed by atoms with E-state index < -0.39 is 18.1 Å². The quantitative estimate of drug-likeness (QED) is 0.0259. The number of unbranched alkanes of at least 4 members (excludes halogenated alkanes) is 24. The summed E-state index contributed by atoms with van der Waals surface area (Å²) in [6.07, 6.45) is 65.1. The Morgan fingerprint density at radius 3 is 1.24 bits per heavy atom. The number of carboxylic acid groups (broad SMARTS) is 1. The van der Waals surface area contributed by atoms with Crippen molar-refractivity contribution >= 4 is 17.9 Å². The lowest BCUT2D eigenvalue weighted by Crippen LogP contribution is -2.55. The van der Waals surface area contributed by atoms with E-state index >= 15 is 0 Å². The molecule has 2 atom stereocenters. The largest absolute Gasteiger partial charge is 0.544 e. The number of quaternary nitrogens is 1. The molecule has 0 aromatic heterocycles. The molecule has 68 heavy (non-hydrogen) atoms. The summed E-state index contributed by atoms with van der Waals surface area (Å²) in [5.74, 6) is -1.76. The van der Waals surface area contributed by atoms with Crippen LogP contribution in [0.4, 0.5) is 0 Å². The van der Waals surface area contributed by atoms with Gasteiger partial charge in [0.1, 0.15) is 12.6 Å². The molecule has 8 nitrogen and oxygen atoms in total. The Hall–Kier alpha value is -3.23. The summed E-state index contributed by atoms with van der Waals surface area (Å²) in [5, 5.41) is 11.7. The highest BCUT2D eigenvalue weighted by Crippen LogP contribution is 2.15. The van der Waals surface area contributed by atoms with Crippen molar-refractivity contribution in [3.05, 3.63) is 72.9 Å². The van der Waals surface area contributed by atoms with Crippen LogP contribution in [0.25, 0.3) is 0 Å². The second-order valence-electron chi connectivity index (χ2n) is 19.8. The second-order valence-corrected chi connectivity index (χ2v) is 19.8. The van der Waals surface area contributed by atoms with Gasteiger partial charge in [0.05, 0.1) is 40.3 Å². The summed E-state index contributed by atoms with van der Waals surface area (Å²) >= 11 is 0. The first-order chi connectivity index (χ1) is 33.1. The number of hydrogen-bond donors (Lipinski definition) is 0. The molecule has 8 heteroatoms. The molecule has 0 aliphatic carbocycles. The molecule has 0 aromatic carbocycles. The molecule has 0 radical (unpaired) electrons. The lowest BCUT2D eigenvalue weighted by molar-refractivity contribution is -0.889. The van der Waals surface area contributed by atoms with E-state index in [2.05, 4.69) is 86.8 Å². The summed E-state index contributed by atoms with van der Waals surface area (Å²) in [6, 6.07) is -0.733. The third-order valence-corrected chi connectivity index (χ3v) is 12.3. The van der Waals surface area contributed by atoms with E-state index in [1.165, 1.54) is 122 Å². The minimum Gasteiger partial charge on any atom is -0.544 e. The Labute approximate surface area is 419 Å². The maximum absolute atomic E-state index is 12.8. The first-order valence-electron chi connectivity index (χ1n) is 28.0. The van der Waals surface area contributed by atoms with Crippen molar-refractivity contribution in [1.82, 2.24) is 0 Å². The van der Waals surface area contributed by atoms with E-state index in [0.717, 1.165) is 83.5 Å². The summed E-state index contributed by atoms with van der Waals surface area (Å²) in [6.45, 7) is 4.55. The predicted molar refractivity (Wildman–Crippen MR) is 286 cm³/mol. The van der Waals surface area contributed by atoms with Crippen LogP contribution in [0.3, 0.4) is 0 Å². The maximum atomic E-state index is 12.8. The summed E-state index contributed by atoms with van der Waals surface area (Å²) in [4.78, 5) is 37.1. The summed E-state index contributed by atoms with van der Waals surface area (Å²) < 4.78 is 17.3. The fourth-order valence-electron chi connectivity index (χ4n) is 8.03. The van der Waals surface area contributed by atoms with Gasteiger partial charge in [-0.1, -0.05) is 209 Å². The van der Waals surface area contributed by atoms with Crippen LogP contribution in [0.2, 0.25) is 0 Å². The number of ether oxygens (including phenoxy) is 3. The fraction of sp³-hybridized carbons (Fsp3) is 0.750. The van der Waals surface area contributed by atoms with Crippen LogP contribution in [0.15, 0.2) is 72.9 Å². The smallest absolute Gasteiger partial charge is 0.306 e. The van der Waals surface area contributed by atoms with Gasteiger partial charge in [-0.3, -0.25) is 9.59 Å². The zero-order valence-corrected chi connectivity index (χ0v) is 44.8. The summed E-state index contributed by atoms with van der Waals surface area (Å²) in [5.41, 5.74) is 0. The van der Waals surface area contributed by atoms with E-state index in [9.17, 15) is 19.5 Å². The first kappa shape index (κ1) is 64.8. The predicted octanol–water partition coefficient (Wildman–Crippen LogP) is 15.3. The van der Waals surface area contributed by atoms with Gasteiger partial charge in [-0.15, -0.1) is 0 Å². The molecule has 0 rings (SSSR count). The highest BCUT2D eigenvalue weighted by molar-refractivity contribution is 5.70. The van der Waals surface area contributed by atoms with Crippen molar-refractivity contribution in [1.29, 1.82) is 0 Å². The van der Waals surface area contributed by atoms with Gasteiger partial charge in [-0.2, -0.15) is 0 Å².